The van der Waals surface area contributed by atoms with Crippen LogP contribution in [0.15, 0.2) is 59.7 Å². The predicted molar refractivity (Wildman–Crippen MR) is 87.1 cm³/mol. The van der Waals surface area contributed by atoms with Gasteiger partial charge in [0, 0.05) is 0 Å². The van der Waals surface area contributed by atoms with Crippen molar-refractivity contribution >= 4 is 22.7 Å². The molecule has 22 heavy (non-hydrogen) atoms. The van der Waals surface area contributed by atoms with Gasteiger partial charge in [0.1, 0.15) is 0 Å². The van der Waals surface area contributed by atoms with E-state index in [2.05, 4.69) is 32.9 Å². The molecule has 0 aliphatic carbocycles. The van der Waals surface area contributed by atoms with Crippen LogP contribution in [0.4, 0.5) is 5.95 Å². The lowest BCUT2D eigenvalue weighted by molar-refractivity contribution is 0.301. The van der Waals surface area contributed by atoms with Gasteiger partial charge in [-0.25, -0.2) is 9.99 Å². The molecule has 1 N–H and O–H groups in total. The highest BCUT2D eigenvalue weighted by Crippen LogP contribution is 2.26. The summed E-state index contributed by atoms with van der Waals surface area (Å²) in [4.78, 5) is 4.65. The lowest BCUT2D eigenvalue weighted by Crippen LogP contribution is -2.32. The van der Waals surface area contributed by atoms with Crippen molar-refractivity contribution in [2.45, 2.75) is 6.54 Å². The smallest absolute Gasteiger partial charge is 0.227 e. The normalized spacial score (nSPS) is 14.0. The summed E-state index contributed by atoms with van der Waals surface area (Å²) in [6.07, 6.45) is 0. The molecule has 5 heteroatoms. The summed E-state index contributed by atoms with van der Waals surface area (Å²) >= 11 is 0. The summed E-state index contributed by atoms with van der Waals surface area (Å²) in [5.41, 5.74) is 4.10. The first-order chi connectivity index (χ1) is 10.9. The number of anilines is 1. The third-order valence-electron chi connectivity index (χ3n) is 3.83. The van der Waals surface area contributed by atoms with Crippen LogP contribution in [0.3, 0.4) is 0 Å². The molecule has 0 bridgehead atoms. The van der Waals surface area contributed by atoms with E-state index in [0.29, 0.717) is 13.1 Å². The minimum absolute atomic E-state index is 0.0365. The number of aliphatic hydroxyl groups excluding tert-OH is 1. The van der Waals surface area contributed by atoms with Crippen molar-refractivity contribution in [2.75, 3.05) is 18.2 Å². The lowest BCUT2D eigenvalue weighted by Gasteiger charge is -2.25. The minimum Gasteiger partial charge on any atom is -0.394 e. The molecule has 0 atom stereocenters. The van der Waals surface area contributed by atoms with Crippen molar-refractivity contribution in [3.63, 3.8) is 0 Å². The Kier molecular flexibility index (Phi) is 3.12. The quantitative estimate of drug-likeness (QED) is 0.805. The molecule has 0 saturated heterocycles. The van der Waals surface area contributed by atoms with E-state index in [-0.39, 0.29) is 6.61 Å². The van der Waals surface area contributed by atoms with Crippen molar-refractivity contribution in [3.05, 3.63) is 60.2 Å². The largest absolute Gasteiger partial charge is 0.394 e. The van der Waals surface area contributed by atoms with Gasteiger partial charge >= 0.3 is 0 Å². The van der Waals surface area contributed by atoms with Crippen molar-refractivity contribution in [1.82, 2.24) is 9.55 Å². The number of hydrazone groups is 1. The summed E-state index contributed by atoms with van der Waals surface area (Å²) in [7, 11) is 0. The number of β-amino-alcohol motifs (C(OH)–C–C–N with tert-alkyl or cyclic N) is 1. The second-order valence-electron chi connectivity index (χ2n) is 5.25. The first-order valence-corrected chi connectivity index (χ1v) is 7.33. The Hall–Kier alpha value is -2.66. The summed E-state index contributed by atoms with van der Waals surface area (Å²) in [5, 5.41) is 15.8. The standard InChI is InChI=1S/C17H16N4O/c22-11-10-21-17-18-14-8-4-5-9-16(14)20(17)12-15(19-21)13-6-2-1-3-7-13/h1-9,22H,10-12H2. The predicted octanol–water partition coefficient (Wildman–Crippen LogP) is 2.25. The number of para-hydroxylation sites is 2. The van der Waals surface area contributed by atoms with Gasteiger partial charge in [-0.1, -0.05) is 42.5 Å². The van der Waals surface area contributed by atoms with Crippen molar-refractivity contribution in [3.8, 4) is 0 Å². The molecule has 110 valence electrons. The van der Waals surface area contributed by atoms with Crippen LogP contribution in [0.25, 0.3) is 11.0 Å². The van der Waals surface area contributed by atoms with Gasteiger partial charge in [0.2, 0.25) is 5.95 Å². The first kappa shape index (κ1) is 13.0. The van der Waals surface area contributed by atoms with Crippen molar-refractivity contribution < 1.29 is 5.11 Å². The van der Waals surface area contributed by atoms with Gasteiger partial charge < -0.3 is 9.67 Å². The van der Waals surface area contributed by atoms with Gasteiger partial charge in [0.15, 0.2) is 0 Å². The fourth-order valence-electron chi connectivity index (χ4n) is 2.81. The van der Waals surface area contributed by atoms with Gasteiger partial charge in [-0.05, 0) is 17.7 Å². The Morgan fingerprint density at radius 1 is 1.00 bits per heavy atom. The number of fused-ring (bicyclic) bond motifs is 3. The molecule has 0 spiro atoms. The number of aromatic nitrogens is 2. The molecule has 1 aliphatic heterocycles. The number of imidazole rings is 1. The molecule has 4 rings (SSSR count). The molecule has 2 aromatic carbocycles. The second-order valence-corrected chi connectivity index (χ2v) is 5.25. The van der Waals surface area contributed by atoms with E-state index in [1.165, 1.54) is 0 Å². The van der Waals surface area contributed by atoms with E-state index in [1.807, 2.05) is 36.4 Å². The third-order valence-corrected chi connectivity index (χ3v) is 3.83. The van der Waals surface area contributed by atoms with Crippen LogP contribution in [-0.4, -0.2) is 33.5 Å². The van der Waals surface area contributed by atoms with Crippen LogP contribution >= 0.6 is 0 Å². The van der Waals surface area contributed by atoms with E-state index < -0.39 is 0 Å². The average molecular weight is 292 g/mol. The maximum Gasteiger partial charge on any atom is 0.227 e. The number of hydrogen-bond donors (Lipinski definition) is 1. The molecule has 0 radical (unpaired) electrons. The number of rotatable bonds is 3. The van der Waals surface area contributed by atoms with Gasteiger partial charge in [0.05, 0.1) is 36.4 Å². The van der Waals surface area contributed by atoms with E-state index in [1.54, 1.807) is 5.01 Å². The highest BCUT2D eigenvalue weighted by Gasteiger charge is 2.23. The van der Waals surface area contributed by atoms with Crippen LogP contribution < -0.4 is 5.01 Å². The van der Waals surface area contributed by atoms with Gasteiger partial charge in [-0.3, -0.25) is 0 Å². The highest BCUT2D eigenvalue weighted by atomic mass is 16.3. The Bertz CT molecular complexity index is 838. The van der Waals surface area contributed by atoms with E-state index in [9.17, 15) is 5.11 Å². The fraction of sp³-hybridized carbons (Fsp3) is 0.176. The maximum atomic E-state index is 9.33. The molecular formula is C17H16N4O. The van der Waals surface area contributed by atoms with Crippen molar-refractivity contribution in [2.24, 2.45) is 5.10 Å². The van der Waals surface area contributed by atoms with Gasteiger partial charge in [-0.15, -0.1) is 0 Å². The molecule has 1 aliphatic rings. The summed E-state index contributed by atoms with van der Waals surface area (Å²) in [5.74, 6) is 0.787. The molecule has 1 aromatic heterocycles. The van der Waals surface area contributed by atoms with Crippen LogP contribution in [-0.2, 0) is 6.54 Å². The molecule has 0 amide bonds. The fourth-order valence-corrected chi connectivity index (χ4v) is 2.81. The van der Waals surface area contributed by atoms with E-state index in [0.717, 1.165) is 28.3 Å². The number of hydrogen-bond acceptors (Lipinski definition) is 4. The summed E-state index contributed by atoms with van der Waals surface area (Å²) < 4.78 is 2.15. The average Bonchev–Trinajstić information content (AvgIpc) is 2.95. The van der Waals surface area contributed by atoms with Crippen LogP contribution in [0.2, 0.25) is 0 Å². The SMILES string of the molecule is OCCN1N=C(c2ccccc2)Cn2c1nc1ccccc12. The highest BCUT2D eigenvalue weighted by molar-refractivity contribution is 6.02. The molecule has 0 fully saturated rings. The zero-order valence-corrected chi connectivity index (χ0v) is 12.1. The Morgan fingerprint density at radius 2 is 1.77 bits per heavy atom. The molecule has 3 aromatic rings. The van der Waals surface area contributed by atoms with Crippen LogP contribution in [0.5, 0.6) is 0 Å². The van der Waals surface area contributed by atoms with Crippen LogP contribution in [0, 0.1) is 0 Å². The monoisotopic (exact) mass is 292 g/mol. The summed E-state index contributed by atoms with van der Waals surface area (Å²) in [6, 6.07) is 18.2. The Labute approximate surface area is 128 Å². The van der Waals surface area contributed by atoms with E-state index >= 15 is 0 Å². The van der Waals surface area contributed by atoms with Crippen LogP contribution in [0.1, 0.15) is 5.56 Å². The lowest BCUT2D eigenvalue weighted by atomic mass is 10.1. The molecular weight excluding hydrogens is 276 g/mol. The zero-order chi connectivity index (χ0) is 14.9. The first-order valence-electron chi connectivity index (χ1n) is 7.33. The van der Waals surface area contributed by atoms with E-state index in [4.69, 9.17) is 0 Å². The third kappa shape index (κ3) is 2.07. The number of aliphatic hydroxyl groups is 1. The molecule has 5 nitrogen and oxygen atoms in total. The van der Waals surface area contributed by atoms with Gasteiger partial charge in [0.25, 0.3) is 0 Å². The molecule has 0 unspecified atom stereocenters. The Balaban J connectivity index is 1.85. The topological polar surface area (TPSA) is 53.6 Å². The maximum absolute atomic E-state index is 9.33. The Morgan fingerprint density at radius 3 is 2.59 bits per heavy atom. The minimum atomic E-state index is 0.0365. The number of nitrogens with zero attached hydrogens (tertiary/aromatic N) is 4. The zero-order valence-electron chi connectivity index (χ0n) is 12.1. The molecule has 2 heterocycles. The number of benzene rings is 2. The van der Waals surface area contributed by atoms with Gasteiger partial charge in [-0.2, -0.15) is 5.10 Å². The summed E-state index contributed by atoms with van der Waals surface area (Å²) in [6.45, 7) is 1.15. The van der Waals surface area contributed by atoms with Crippen molar-refractivity contribution in [1.29, 1.82) is 0 Å². The second kappa shape index (κ2) is 5.27. The molecule has 0 saturated carbocycles.